The van der Waals surface area contributed by atoms with Crippen molar-refractivity contribution in [2.24, 2.45) is 0 Å². The topological polar surface area (TPSA) is 23.9 Å². The standard InChI is InChI=1S/C16H17N/c1-4-13-9-7-8-10-16(13)15(6-3)14(5-2)11-12-17/h4-12,17H,1-2H2,3H3/b14-11-,15-6+,17-12?. The van der Waals surface area contributed by atoms with Gasteiger partial charge in [0.2, 0.25) is 0 Å². The van der Waals surface area contributed by atoms with Gasteiger partial charge in [-0.3, -0.25) is 0 Å². The van der Waals surface area contributed by atoms with Gasteiger partial charge >= 0.3 is 0 Å². The van der Waals surface area contributed by atoms with Crippen molar-refractivity contribution in [2.45, 2.75) is 6.92 Å². The largest absolute Gasteiger partial charge is 0.309 e. The van der Waals surface area contributed by atoms with Crippen LogP contribution in [-0.4, -0.2) is 6.21 Å². The first-order valence-corrected chi connectivity index (χ1v) is 5.50. The molecule has 0 heterocycles. The summed E-state index contributed by atoms with van der Waals surface area (Å²) >= 11 is 0. The Morgan fingerprint density at radius 1 is 1.24 bits per heavy atom. The van der Waals surface area contributed by atoms with Crippen molar-refractivity contribution in [3.05, 3.63) is 72.4 Å². The van der Waals surface area contributed by atoms with Crippen LogP contribution in [0, 0.1) is 5.41 Å². The SMILES string of the molecule is C=CC(=C/C=N)/C(=C\C)c1ccccc1C=C. The Hall–Kier alpha value is -2.15. The first kappa shape index (κ1) is 12.9. The van der Waals surface area contributed by atoms with Crippen molar-refractivity contribution >= 4 is 17.9 Å². The second-order valence-electron chi connectivity index (χ2n) is 3.49. The molecule has 17 heavy (non-hydrogen) atoms. The van der Waals surface area contributed by atoms with Gasteiger partial charge in [-0.25, -0.2) is 0 Å². The zero-order valence-corrected chi connectivity index (χ0v) is 10.1. The summed E-state index contributed by atoms with van der Waals surface area (Å²) in [5.41, 5.74) is 4.20. The van der Waals surface area contributed by atoms with Gasteiger partial charge in [-0.1, -0.05) is 55.7 Å². The van der Waals surface area contributed by atoms with Crippen molar-refractivity contribution in [1.29, 1.82) is 5.41 Å². The molecule has 0 atom stereocenters. The molecule has 0 aliphatic heterocycles. The molecule has 0 fully saturated rings. The van der Waals surface area contributed by atoms with Gasteiger partial charge in [0.25, 0.3) is 0 Å². The van der Waals surface area contributed by atoms with E-state index in [4.69, 9.17) is 5.41 Å². The van der Waals surface area contributed by atoms with Crippen LogP contribution in [0.3, 0.4) is 0 Å². The van der Waals surface area contributed by atoms with E-state index in [1.54, 1.807) is 12.2 Å². The Balaban J connectivity index is 3.37. The van der Waals surface area contributed by atoms with E-state index >= 15 is 0 Å². The fourth-order valence-electron chi connectivity index (χ4n) is 1.76. The molecule has 0 bridgehead atoms. The normalized spacial score (nSPS) is 12.1. The van der Waals surface area contributed by atoms with Crippen LogP contribution >= 0.6 is 0 Å². The molecule has 0 radical (unpaired) electrons. The molecule has 1 rings (SSSR count). The Morgan fingerprint density at radius 2 is 1.94 bits per heavy atom. The second kappa shape index (κ2) is 6.44. The minimum Gasteiger partial charge on any atom is -0.309 e. The lowest BCUT2D eigenvalue weighted by Crippen LogP contribution is -1.91. The van der Waals surface area contributed by atoms with Crippen molar-refractivity contribution in [3.63, 3.8) is 0 Å². The minimum atomic E-state index is 0.941. The van der Waals surface area contributed by atoms with Crippen LogP contribution in [-0.2, 0) is 0 Å². The summed E-state index contributed by atoms with van der Waals surface area (Å²) in [4.78, 5) is 0. The lowest BCUT2D eigenvalue weighted by molar-refractivity contribution is 1.52. The number of benzene rings is 1. The molecule has 0 saturated heterocycles. The molecule has 1 nitrogen and oxygen atoms in total. The summed E-state index contributed by atoms with van der Waals surface area (Å²) in [6.45, 7) is 9.60. The van der Waals surface area contributed by atoms with E-state index in [1.807, 2.05) is 43.3 Å². The Kier molecular flexibility index (Phi) is 4.89. The Labute approximate surface area is 103 Å². The highest BCUT2D eigenvalue weighted by Gasteiger charge is 2.06. The maximum absolute atomic E-state index is 7.17. The summed E-state index contributed by atoms with van der Waals surface area (Å²) in [6.07, 6.45) is 8.64. The molecule has 1 heteroatoms. The summed E-state index contributed by atoms with van der Waals surface area (Å²) in [5, 5.41) is 7.17. The molecule has 86 valence electrons. The van der Waals surface area contributed by atoms with Crippen LogP contribution in [0.2, 0.25) is 0 Å². The molecule has 0 aliphatic rings. The van der Waals surface area contributed by atoms with Crippen LogP contribution in [0.15, 0.2) is 61.2 Å². The number of rotatable bonds is 5. The average molecular weight is 223 g/mol. The second-order valence-corrected chi connectivity index (χ2v) is 3.49. The molecule has 0 unspecified atom stereocenters. The highest BCUT2D eigenvalue weighted by molar-refractivity contribution is 5.89. The minimum absolute atomic E-state index is 0.941. The fraction of sp³-hybridized carbons (Fsp3) is 0.0625. The summed E-state index contributed by atoms with van der Waals surface area (Å²) in [7, 11) is 0. The maximum atomic E-state index is 7.17. The number of allylic oxidation sites excluding steroid dienone is 5. The van der Waals surface area contributed by atoms with E-state index in [2.05, 4.69) is 13.2 Å². The zero-order chi connectivity index (χ0) is 12.7. The number of hydrogen-bond acceptors (Lipinski definition) is 1. The van der Waals surface area contributed by atoms with Gasteiger partial charge < -0.3 is 5.41 Å². The van der Waals surface area contributed by atoms with Crippen molar-refractivity contribution in [3.8, 4) is 0 Å². The van der Waals surface area contributed by atoms with Crippen LogP contribution < -0.4 is 0 Å². The first-order chi connectivity index (χ1) is 8.28. The molecule has 1 aromatic rings. The fourth-order valence-corrected chi connectivity index (χ4v) is 1.76. The average Bonchev–Trinajstić information content (AvgIpc) is 2.39. The van der Waals surface area contributed by atoms with Gasteiger partial charge in [0, 0.05) is 6.21 Å². The smallest absolute Gasteiger partial charge is 0.0183 e. The highest BCUT2D eigenvalue weighted by Crippen LogP contribution is 2.27. The molecule has 0 aliphatic carbocycles. The molecule has 1 aromatic carbocycles. The maximum Gasteiger partial charge on any atom is 0.0183 e. The molecule has 1 N–H and O–H groups in total. The lowest BCUT2D eigenvalue weighted by atomic mass is 9.93. The van der Waals surface area contributed by atoms with E-state index in [0.29, 0.717) is 0 Å². The lowest BCUT2D eigenvalue weighted by Gasteiger charge is -2.11. The van der Waals surface area contributed by atoms with E-state index in [-0.39, 0.29) is 0 Å². The Morgan fingerprint density at radius 3 is 2.47 bits per heavy atom. The highest BCUT2D eigenvalue weighted by atomic mass is 14.3. The quantitative estimate of drug-likeness (QED) is 0.561. The van der Waals surface area contributed by atoms with Gasteiger partial charge in [-0.2, -0.15) is 0 Å². The third-order valence-electron chi connectivity index (χ3n) is 2.55. The number of hydrogen-bond donors (Lipinski definition) is 1. The van der Waals surface area contributed by atoms with Gasteiger partial charge in [-0.15, -0.1) is 0 Å². The van der Waals surface area contributed by atoms with Gasteiger partial charge in [0.15, 0.2) is 0 Å². The predicted molar refractivity (Wildman–Crippen MR) is 77.2 cm³/mol. The monoisotopic (exact) mass is 223 g/mol. The molecular weight excluding hydrogens is 206 g/mol. The van der Waals surface area contributed by atoms with Crippen LogP contribution in [0.25, 0.3) is 11.6 Å². The van der Waals surface area contributed by atoms with Crippen LogP contribution in [0.4, 0.5) is 0 Å². The van der Waals surface area contributed by atoms with E-state index in [9.17, 15) is 0 Å². The van der Waals surface area contributed by atoms with E-state index in [1.165, 1.54) is 6.21 Å². The molecule has 0 aromatic heterocycles. The van der Waals surface area contributed by atoms with Gasteiger partial charge in [0.1, 0.15) is 0 Å². The summed E-state index contributed by atoms with van der Waals surface area (Å²) in [5.74, 6) is 0. The third kappa shape index (κ3) is 2.91. The Bertz CT molecular complexity index is 490. The van der Waals surface area contributed by atoms with Crippen molar-refractivity contribution in [2.75, 3.05) is 0 Å². The molecule has 0 amide bonds. The van der Waals surface area contributed by atoms with Gasteiger partial charge in [-0.05, 0) is 35.3 Å². The first-order valence-electron chi connectivity index (χ1n) is 5.50. The summed E-state index contributed by atoms with van der Waals surface area (Å²) in [6, 6.07) is 8.06. The van der Waals surface area contributed by atoms with Crippen molar-refractivity contribution in [1.82, 2.24) is 0 Å². The van der Waals surface area contributed by atoms with Crippen molar-refractivity contribution < 1.29 is 0 Å². The zero-order valence-electron chi connectivity index (χ0n) is 10.1. The van der Waals surface area contributed by atoms with E-state index < -0.39 is 0 Å². The molecular formula is C16H17N. The van der Waals surface area contributed by atoms with Gasteiger partial charge in [0.05, 0.1) is 0 Å². The summed E-state index contributed by atoms with van der Waals surface area (Å²) < 4.78 is 0. The van der Waals surface area contributed by atoms with Crippen LogP contribution in [0.1, 0.15) is 18.1 Å². The van der Waals surface area contributed by atoms with Crippen LogP contribution in [0.5, 0.6) is 0 Å². The third-order valence-corrected chi connectivity index (χ3v) is 2.55. The molecule has 0 saturated carbocycles. The van der Waals surface area contributed by atoms with E-state index in [0.717, 1.165) is 22.3 Å². The number of nitrogens with one attached hydrogen (secondary N) is 1. The predicted octanol–water partition coefficient (Wildman–Crippen LogP) is 4.49. The molecule has 0 spiro atoms.